The molecule has 1 heterocycles. The summed E-state index contributed by atoms with van der Waals surface area (Å²) >= 11 is 5.69. The van der Waals surface area contributed by atoms with Crippen LogP contribution in [0.1, 0.15) is 5.56 Å². The Morgan fingerprint density at radius 1 is 1.33 bits per heavy atom. The van der Waals surface area contributed by atoms with E-state index >= 15 is 0 Å². The number of aromatic nitrogens is 1. The molecule has 18 heavy (non-hydrogen) atoms. The number of anilines is 1. The van der Waals surface area contributed by atoms with Gasteiger partial charge in [0.2, 0.25) is 5.91 Å². The minimum Gasteiger partial charge on any atom is -0.326 e. The van der Waals surface area contributed by atoms with Gasteiger partial charge in [-0.2, -0.15) is 0 Å². The number of carbonyl (C=O) groups is 1. The molecule has 2 rings (SSSR count). The van der Waals surface area contributed by atoms with Crippen molar-refractivity contribution in [1.82, 2.24) is 4.98 Å². The van der Waals surface area contributed by atoms with Crippen molar-refractivity contribution in [3.05, 3.63) is 59.1 Å². The van der Waals surface area contributed by atoms with Crippen LogP contribution in [-0.4, -0.2) is 10.9 Å². The Bertz CT molecular complexity index is 574. The lowest BCUT2D eigenvalue weighted by Gasteiger charge is -2.05. The molecule has 0 aliphatic heterocycles. The Hall–Kier alpha value is -1.94. The first-order valence-corrected chi connectivity index (χ1v) is 5.68. The molecule has 0 saturated carbocycles. The number of carbonyl (C=O) groups excluding carboxylic acids is 1. The average Bonchev–Trinajstić information content (AvgIpc) is 2.32. The SMILES string of the molecule is O=C(Cc1ccccc1F)Nc1ccnc(Cl)c1. The number of hydrogen-bond acceptors (Lipinski definition) is 2. The maximum Gasteiger partial charge on any atom is 0.228 e. The van der Waals surface area contributed by atoms with Crippen molar-refractivity contribution < 1.29 is 9.18 Å². The number of hydrogen-bond donors (Lipinski definition) is 1. The summed E-state index contributed by atoms with van der Waals surface area (Å²) in [5, 5.41) is 2.92. The molecule has 3 nitrogen and oxygen atoms in total. The van der Waals surface area contributed by atoms with Crippen LogP contribution in [0.5, 0.6) is 0 Å². The normalized spacial score (nSPS) is 10.1. The zero-order valence-electron chi connectivity index (χ0n) is 9.36. The molecule has 0 fully saturated rings. The molecule has 2 aromatic rings. The van der Waals surface area contributed by atoms with E-state index in [1.165, 1.54) is 18.3 Å². The second-order valence-corrected chi connectivity index (χ2v) is 4.07. The predicted octanol–water partition coefficient (Wildman–Crippen LogP) is 3.06. The number of nitrogens with one attached hydrogen (secondary N) is 1. The van der Waals surface area contributed by atoms with E-state index < -0.39 is 0 Å². The maximum atomic E-state index is 13.3. The zero-order chi connectivity index (χ0) is 13.0. The third-order valence-corrected chi connectivity index (χ3v) is 2.53. The van der Waals surface area contributed by atoms with E-state index in [9.17, 15) is 9.18 Å². The highest BCUT2D eigenvalue weighted by Gasteiger charge is 2.08. The molecule has 0 aliphatic carbocycles. The molecule has 1 aromatic carbocycles. The third kappa shape index (κ3) is 3.28. The predicted molar refractivity (Wildman–Crippen MR) is 68.0 cm³/mol. The number of rotatable bonds is 3. The van der Waals surface area contributed by atoms with Crippen LogP contribution in [0.25, 0.3) is 0 Å². The van der Waals surface area contributed by atoms with E-state index in [4.69, 9.17) is 11.6 Å². The van der Waals surface area contributed by atoms with E-state index in [1.54, 1.807) is 24.3 Å². The fourth-order valence-corrected chi connectivity index (χ4v) is 1.67. The molecule has 1 aromatic heterocycles. The summed E-state index contributed by atoms with van der Waals surface area (Å²) in [7, 11) is 0. The topological polar surface area (TPSA) is 42.0 Å². The Kier molecular flexibility index (Phi) is 3.89. The van der Waals surface area contributed by atoms with Gasteiger partial charge in [0.1, 0.15) is 11.0 Å². The number of benzene rings is 1. The van der Waals surface area contributed by atoms with Crippen LogP contribution in [0.4, 0.5) is 10.1 Å². The summed E-state index contributed by atoms with van der Waals surface area (Å²) in [5.41, 5.74) is 0.895. The van der Waals surface area contributed by atoms with Crippen molar-refractivity contribution in [2.24, 2.45) is 0 Å². The minimum atomic E-state index is -0.389. The average molecular weight is 265 g/mol. The molecule has 0 atom stereocenters. The molecule has 5 heteroatoms. The van der Waals surface area contributed by atoms with Crippen molar-refractivity contribution >= 4 is 23.2 Å². The van der Waals surface area contributed by atoms with E-state index in [0.717, 1.165) is 0 Å². The van der Waals surface area contributed by atoms with Crippen LogP contribution in [0, 0.1) is 5.82 Å². The Balaban J connectivity index is 2.03. The first kappa shape index (κ1) is 12.5. The van der Waals surface area contributed by atoms with E-state index in [-0.39, 0.29) is 18.1 Å². The van der Waals surface area contributed by atoms with Gasteiger partial charge >= 0.3 is 0 Å². The lowest BCUT2D eigenvalue weighted by Crippen LogP contribution is -2.15. The second kappa shape index (κ2) is 5.60. The molecular weight excluding hydrogens is 255 g/mol. The standard InChI is InChI=1S/C13H10ClFN2O/c14-12-8-10(5-6-16-12)17-13(18)7-9-3-1-2-4-11(9)15/h1-6,8H,7H2,(H,16,17,18). The van der Waals surface area contributed by atoms with Gasteiger partial charge in [-0.15, -0.1) is 0 Å². The fourth-order valence-electron chi connectivity index (χ4n) is 1.50. The van der Waals surface area contributed by atoms with Crippen LogP contribution in [0.2, 0.25) is 5.15 Å². The van der Waals surface area contributed by atoms with Gasteiger partial charge < -0.3 is 5.32 Å². The highest BCUT2D eigenvalue weighted by molar-refractivity contribution is 6.29. The van der Waals surface area contributed by atoms with Crippen molar-refractivity contribution in [1.29, 1.82) is 0 Å². The highest BCUT2D eigenvalue weighted by Crippen LogP contribution is 2.13. The number of amides is 1. The van der Waals surface area contributed by atoms with E-state index in [0.29, 0.717) is 16.4 Å². The van der Waals surface area contributed by atoms with Crippen LogP contribution in [0.15, 0.2) is 42.6 Å². The summed E-state index contributed by atoms with van der Waals surface area (Å²) in [4.78, 5) is 15.5. The van der Waals surface area contributed by atoms with Gasteiger partial charge in [-0.3, -0.25) is 4.79 Å². The van der Waals surface area contributed by atoms with Crippen molar-refractivity contribution in [3.63, 3.8) is 0 Å². The molecule has 0 spiro atoms. The maximum absolute atomic E-state index is 13.3. The smallest absolute Gasteiger partial charge is 0.228 e. The summed E-state index contributed by atoms with van der Waals surface area (Å²) in [6.45, 7) is 0. The fraction of sp³-hybridized carbons (Fsp3) is 0.0769. The number of nitrogens with zero attached hydrogens (tertiary/aromatic N) is 1. The minimum absolute atomic E-state index is 0.0212. The Morgan fingerprint density at radius 3 is 2.83 bits per heavy atom. The molecular formula is C13H10ClFN2O. The lowest BCUT2D eigenvalue weighted by atomic mass is 10.1. The summed E-state index contributed by atoms with van der Waals surface area (Å²) in [6.07, 6.45) is 1.47. The largest absolute Gasteiger partial charge is 0.326 e. The van der Waals surface area contributed by atoms with Gasteiger partial charge in [0.05, 0.1) is 6.42 Å². The molecule has 1 amide bonds. The summed E-state index contributed by atoms with van der Waals surface area (Å²) in [5.74, 6) is -0.692. The number of pyridine rings is 1. The molecule has 0 bridgehead atoms. The van der Waals surface area contributed by atoms with Crippen LogP contribution in [0.3, 0.4) is 0 Å². The molecule has 0 saturated heterocycles. The Morgan fingerprint density at radius 2 is 2.11 bits per heavy atom. The van der Waals surface area contributed by atoms with Crippen LogP contribution in [-0.2, 0) is 11.2 Å². The summed E-state index contributed by atoms with van der Waals surface area (Å²) in [6, 6.07) is 9.32. The van der Waals surface area contributed by atoms with E-state index in [1.807, 2.05) is 0 Å². The molecule has 1 N–H and O–H groups in total. The first-order valence-electron chi connectivity index (χ1n) is 5.30. The number of halogens is 2. The monoisotopic (exact) mass is 264 g/mol. The highest BCUT2D eigenvalue weighted by atomic mass is 35.5. The van der Waals surface area contributed by atoms with Crippen molar-refractivity contribution in [2.45, 2.75) is 6.42 Å². The third-order valence-electron chi connectivity index (χ3n) is 2.32. The van der Waals surface area contributed by atoms with Crippen molar-refractivity contribution in [3.8, 4) is 0 Å². The van der Waals surface area contributed by atoms with Gasteiger partial charge in [-0.25, -0.2) is 9.37 Å². The van der Waals surface area contributed by atoms with Crippen molar-refractivity contribution in [2.75, 3.05) is 5.32 Å². The zero-order valence-corrected chi connectivity index (χ0v) is 10.1. The Labute approximate surface area is 109 Å². The quantitative estimate of drug-likeness (QED) is 0.866. The second-order valence-electron chi connectivity index (χ2n) is 3.68. The van der Waals surface area contributed by atoms with E-state index in [2.05, 4.69) is 10.3 Å². The first-order chi connectivity index (χ1) is 8.65. The van der Waals surface area contributed by atoms with Gasteiger partial charge in [-0.1, -0.05) is 29.8 Å². The summed E-state index contributed by atoms with van der Waals surface area (Å²) < 4.78 is 13.3. The van der Waals surface area contributed by atoms with Gasteiger partial charge in [0.25, 0.3) is 0 Å². The molecule has 92 valence electrons. The van der Waals surface area contributed by atoms with Gasteiger partial charge in [-0.05, 0) is 23.8 Å². The van der Waals surface area contributed by atoms with Crippen LogP contribution < -0.4 is 5.32 Å². The molecule has 0 unspecified atom stereocenters. The van der Waals surface area contributed by atoms with Crippen LogP contribution >= 0.6 is 11.6 Å². The molecule has 0 aliphatic rings. The molecule has 0 radical (unpaired) electrons. The lowest BCUT2D eigenvalue weighted by molar-refractivity contribution is -0.115. The van der Waals surface area contributed by atoms with Gasteiger partial charge in [0, 0.05) is 11.9 Å². The van der Waals surface area contributed by atoms with Gasteiger partial charge in [0.15, 0.2) is 0 Å².